The molecule has 29 heavy (non-hydrogen) atoms. The summed E-state index contributed by atoms with van der Waals surface area (Å²) >= 11 is 0. The number of hydrogen-bond acceptors (Lipinski definition) is 6. The number of carbonyl (C=O) groups excluding carboxylic acids is 2. The normalized spacial score (nSPS) is 15.2. The van der Waals surface area contributed by atoms with Crippen LogP contribution in [0, 0.1) is 0 Å². The van der Waals surface area contributed by atoms with Gasteiger partial charge in [0.1, 0.15) is 0 Å². The Balaban J connectivity index is 1.49. The van der Waals surface area contributed by atoms with E-state index in [1.54, 1.807) is 36.4 Å². The van der Waals surface area contributed by atoms with Gasteiger partial charge in [-0.3, -0.25) is 14.5 Å². The van der Waals surface area contributed by atoms with Crippen molar-refractivity contribution in [3.63, 3.8) is 0 Å². The first-order valence-corrected chi connectivity index (χ1v) is 10.8. The van der Waals surface area contributed by atoms with Crippen molar-refractivity contribution in [1.82, 2.24) is 4.90 Å². The van der Waals surface area contributed by atoms with E-state index in [9.17, 15) is 18.0 Å². The molecule has 1 saturated heterocycles. The Hall–Kier alpha value is -2.75. The van der Waals surface area contributed by atoms with Crippen molar-refractivity contribution in [1.29, 1.82) is 0 Å². The molecule has 0 aliphatic carbocycles. The summed E-state index contributed by atoms with van der Waals surface area (Å²) in [7, 11) is -3.69. The van der Waals surface area contributed by atoms with Crippen LogP contribution >= 0.6 is 0 Å². The zero-order valence-corrected chi connectivity index (χ0v) is 17.0. The molecule has 9 heteroatoms. The van der Waals surface area contributed by atoms with Gasteiger partial charge >= 0.3 is 0 Å². The number of benzene rings is 2. The van der Waals surface area contributed by atoms with Crippen molar-refractivity contribution < 1.29 is 18.0 Å². The monoisotopic (exact) mass is 416 g/mol. The summed E-state index contributed by atoms with van der Waals surface area (Å²) in [6.07, 6.45) is 0. The highest BCUT2D eigenvalue weighted by Crippen LogP contribution is 2.19. The number of amides is 1. The van der Waals surface area contributed by atoms with Crippen LogP contribution in [0.4, 0.5) is 11.4 Å². The Morgan fingerprint density at radius 1 is 0.966 bits per heavy atom. The third-order valence-electron chi connectivity index (χ3n) is 4.85. The van der Waals surface area contributed by atoms with Crippen LogP contribution in [0.1, 0.15) is 17.3 Å². The molecule has 1 heterocycles. The van der Waals surface area contributed by atoms with Crippen molar-refractivity contribution in [2.45, 2.75) is 11.8 Å². The summed E-state index contributed by atoms with van der Waals surface area (Å²) in [5.74, 6) is -0.119. The van der Waals surface area contributed by atoms with Crippen molar-refractivity contribution in [2.75, 3.05) is 42.9 Å². The number of Topliss-reactive ketones (excluding diaryl/α,β-unsaturated/α-hetero) is 1. The number of carbonyl (C=O) groups is 2. The fourth-order valence-electron chi connectivity index (χ4n) is 3.20. The third kappa shape index (κ3) is 5.63. The molecule has 3 N–H and O–H groups in total. The second-order valence-corrected chi connectivity index (χ2v) is 8.55. The molecule has 154 valence electrons. The number of piperazine rings is 1. The fourth-order valence-corrected chi connectivity index (χ4v) is 3.72. The molecule has 1 fully saturated rings. The summed E-state index contributed by atoms with van der Waals surface area (Å²) in [6, 6.07) is 13.3. The number of nitrogens with one attached hydrogen (secondary N) is 1. The van der Waals surface area contributed by atoms with E-state index in [-0.39, 0.29) is 23.1 Å². The minimum atomic E-state index is -3.69. The molecule has 3 rings (SSSR count). The van der Waals surface area contributed by atoms with Crippen LogP contribution in [0.3, 0.4) is 0 Å². The highest BCUT2D eigenvalue weighted by molar-refractivity contribution is 7.89. The lowest BCUT2D eigenvalue weighted by Gasteiger charge is -2.35. The smallest absolute Gasteiger partial charge is 0.238 e. The van der Waals surface area contributed by atoms with Gasteiger partial charge in [-0.1, -0.05) is 0 Å². The number of hydrogen-bond donors (Lipinski definition) is 2. The maximum Gasteiger partial charge on any atom is 0.238 e. The first-order valence-electron chi connectivity index (χ1n) is 9.23. The predicted octanol–water partition coefficient (Wildman–Crippen LogP) is 1.30. The average Bonchev–Trinajstić information content (AvgIpc) is 2.68. The largest absolute Gasteiger partial charge is 0.369 e. The molecule has 2 aromatic carbocycles. The molecule has 2 aromatic rings. The molecule has 1 amide bonds. The maximum atomic E-state index is 12.3. The quantitative estimate of drug-likeness (QED) is 0.687. The molecule has 0 bridgehead atoms. The van der Waals surface area contributed by atoms with E-state index in [0.717, 1.165) is 18.8 Å². The Kier molecular flexibility index (Phi) is 6.31. The Morgan fingerprint density at radius 3 is 2.07 bits per heavy atom. The molecule has 0 atom stereocenters. The van der Waals surface area contributed by atoms with Gasteiger partial charge in [-0.2, -0.15) is 0 Å². The van der Waals surface area contributed by atoms with E-state index in [4.69, 9.17) is 5.14 Å². The average molecular weight is 417 g/mol. The second kappa shape index (κ2) is 8.73. The van der Waals surface area contributed by atoms with Crippen molar-refractivity contribution >= 4 is 33.1 Å². The van der Waals surface area contributed by atoms with Crippen LogP contribution in [0.15, 0.2) is 53.4 Å². The van der Waals surface area contributed by atoms with Gasteiger partial charge in [0.2, 0.25) is 15.9 Å². The molecular formula is C20H24N4O4S. The summed E-state index contributed by atoms with van der Waals surface area (Å²) < 4.78 is 22.7. The van der Waals surface area contributed by atoms with Gasteiger partial charge in [0, 0.05) is 43.1 Å². The number of rotatable bonds is 6. The van der Waals surface area contributed by atoms with Gasteiger partial charge in [0.05, 0.1) is 11.4 Å². The van der Waals surface area contributed by atoms with Gasteiger partial charge in [-0.15, -0.1) is 0 Å². The molecule has 0 spiro atoms. The third-order valence-corrected chi connectivity index (χ3v) is 5.77. The van der Waals surface area contributed by atoms with Crippen molar-refractivity contribution in [2.24, 2.45) is 5.14 Å². The van der Waals surface area contributed by atoms with Gasteiger partial charge in [-0.05, 0) is 55.5 Å². The molecule has 0 radical (unpaired) electrons. The van der Waals surface area contributed by atoms with Crippen molar-refractivity contribution in [3.8, 4) is 0 Å². The predicted molar refractivity (Wildman–Crippen MR) is 112 cm³/mol. The standard InChI is InChI=1S/C20H24N4O4S/c1-15(25)16-2-4-17(5-3-16)22-20(26)14-23-10-12-24(13-11-23)18-6-8-19(9-7-18)29(21,27)28/h2-9H,10-14H2,1H3,(H,22,26)(H2,21,27,28). The number of nitrogens with zero attached hydrogens (tertiary/aromatic N) is 2. The Morgan fingerprint density at radius 2 is 1.55 bits per heavy atom. The van der Waals surface area contributed by atoms with Crippen LogP contribution in [0.2, 0.25) is 0 Å². The second-order valence-electron chi connectivity index (χ2n) is 6.98. The van der Waals surface area contributed by atoms with Gasteiger partial charge in [0.25, 0.3) is 0 Å². The van der Waals surface area contributed by atoms with Crippen LogP contribution < -0.4 is 15.4 Å². The number of ketones is 1. The zero-order valence-electron chi connectivity index (χ0n) is 16.2. The first kappa shape index (κ1) is 21.0. The van der Waals surface area contributed by atoms with Gasteiger partial charge in [-0.25, -0.2) is 13.6 Å². The van der Waals surface area contributed by atoms with E-state index in [1.165, 1.54) is 19.1 Å². The molecule has 0 aromatic heterocycles. The maximum absolute atomic E-state index is 12.3. The minimum Gasteiger partial charge on any atom is -0.369 e. The molecule has 1 aliphatic heterocycles. The Labute approximate surface area is 170 Å². The lowest BCUT2D eigenvalue weighted by molar-refractivity contribution is -0.117. The molecule has 8 nitrogen and oxygen atoms in total. The van der Waals surface area contributed by atoms with Crippen LogP contribution in [0.5, 0.6) is 0 Å². The van der Waals surface area contributed by atoms with Crippen LogP contribution in [-0.4, -0.2) is 57.7 Å². The summed E-state index contributed by atoms with van der Waals surface area (Å²) in [6.45, 7) is 4.68. The van der Waals surface area contributed by atoms with E-state index in [0.29, 0.717) is 24.3 Å². The van der Waals surface area contributed by atoms with E-state index in [1.807, 2.05) is 0 Å². The fraction of sp³-hybridized carbons (Fsp3) is 0.300. The highest BCUT2D eigenvalue weighted by Gasteiger charge is 2.20. The summed E-state index contributed by atoms with van der Waals surface area (Å²) in [4.78, 5) is 27.9. The molecule has 0 saturated carbocycles. The van der Waals surface area contributed by atoms with E-state index < -0.39 is 10.0 Å². The van der Waals surface area contributed by atoms with E-state index in [2.05, 4.69) is 15.1 Å². The van der Waals surface area contributed by atoms with Gasteiger partial charge < -0.3 is 10.2 Å². The zero-order chi connectivity index (χ0) is 21.0. The lowest BCUT2D eigenvalue weighted by Crippen LogP contribution is -2.48. The first-order chi connectivity index (χ1) is 13.7. The van der Waals surface area contributed by atoms with Crippen molar-refractivity contribution in [3.05, 3.63) is 54.1 Å². The number of anilines is 2. The summed E-state index contributed by atoms with van der Waals surface area (Å²) in [5.41, 5.74) is 2.19. The summed E-state index contributed by atoms with van der Waals surface area (Å²) in [5, 5.41) is 7.97. The molecule has 1 aliphatic rings. The lowest BCUT2D eigenvalue weighted by atomic mass is 10.1. The number of sulfonamides is 1. The minimum absolute atomic E-state index is 0.0139. The topological polar surface area (TPSA) is 113 Å². The van der Waals surface area contributed by atoms with Crippen LogP contribution in [-0.2, 0) is 14.8 Å². The Bertz CT molecular complexity index is 980. The van der Waals surface area contributed by atoms with Crippen LogP contribution in [0.25, 0.3) is 0 Å². The highest BCUT2D eigenvalue weighted by atomic mass is 32.2. The molecular weight excluding hydrogens is 392 g/mol. The van der Waals surface area contributed by atoms with Gasteiger partial charge in [0.15, 0.2) is 5.78 Å². The molecule has 0 unspecified atom stereocenters. The SMILES string of the molecule is CC(=O)c1ccc(NC(=O)CN2CCN(c3ccc(S(N)(=O)=O)cc3)CC2)cc1. The van der Waals surface area contributed by atoms with E-state index >= 15 is 0 Å². The number of primary sulfonamides is 1. The number of nitrogens with two attached hydrogens (primary N) is 1.